The van der Waals surface area contributed by atoms with Crippen molar-refractivity contribution in [1.29, 1.82) is 0 Å². The quantitative estimate of drug-likeness (QED) is 0.694. The van der Waals surface area contributed by atoms with E-state index in [4.69, 9.17) is 0 Å². The Balaban J connectivity index is 2.21. The molecule has 1 rings (SSSR count). The molecule has 1 saturated carbocycles. The zero-order valence-corrected chi connectivity index (χ0v) is 10.9. The molecule has 0 heterocycles. The first-order valence-corrected chi connectivity index (χ1v) is 6.94. The smallest absolute Gasteiger partial charge is 0.00701 e. The van der Waals surface area contributed by atoms with Crippen LogP contribution in [-0.2, 0) is 0 Å². The summed E-state index contributed by atoms with van der Waals surface area (Å²) in [4.78, 5) is 0. The van der Waals surface area contributed by atoms with Crippen LogP contribution in [0.3, 0.4) is 0 Å². The summed E-state index contributed by atoms with van der Waals surface area (Å²) in [5, 5.41) is 3.82. The van der Waals surface area contributed by atoms with Crippen LogP contribution in [0.1, 0.15) is 58.8 Å². The van der Waals surface area contributed by atoms with Gasteiger partial charge in [-0.3, -0.25) is 0 Å². The van der Waals surface area contributed by atoms with Crippen LogP contribution in [0.5, 0.6) is 0 Å². The average molecular weight is 215 g/mol. The summed E-state index contributed by atoms with van der Waals surface area (Å²) in [6, 6.07) is 1.58. The molecule has 1 nitrogen and oxygen atoms in total. The Labute approximate surface area is 91.6 Å². The van der Waals surface area contributed by atoms with Gasteiger partial charge in [-0.15, -0.1) is 9.24 Å². The molecule has 84 valence electrons. The number of nitrogens with one attached hydrogen (secondary N) is 1. The molecule has 1 unspecified atom stereocenters. The van der Waals surface area contributed by atoms with Crippen LogP contribution in [-0.4, -0.2) is 17.7 Å². The van der Waals surface area contributed by atoms with Crippen molar-refractivity contribution in [3.05, 3.63) is 0 Å². The first-order valence-electron chi connectivity index (χ1n) is 6.27. The monoisotopic (exact) mass is 215 g/mol. The molecule has 1 aliphatic rings. The van der Waals surface area contributed by atoms with Gasteiger partial charge in [0.2, 0.25) is 0 Å². The third-order valence-electron chi connectivity index (χ3n) is 3.37. The molecular formula is C12H26NP. The molecule has 0 saturated heterocycles. The van der Waals surface area contributed by atoms with E-state index in [9.17, 15) is 0 Å². The largest absolute Gasteiger partial charge is 0.311 e. The van der Waals surface area contributed by atoms with E-state index < -0.39 is 0 Å². The van der Waals surface area contributed by atoms with Crippen molar-refractivity contribution in [2.24, 2.45) is 0 Å². The highest BCUT2D eigenvalue weighted by molar-refractivity contribution is 7.17. The molecule has 0 spiro atoms. The van der Waals surface area contributed by atoms with E-state index in [1.165, 1.54) is 44.9 Å². The van der Waals surface area contributed by atoms with Gasteiger partial charge in [-0.05, 0) is 44.2 Å². The summed E-state index contributed by atoms with van der Waals surface area (Å²) in [5.41, 5.74) is 0.888. The lowest BCUT2D eigenvalue weighted by Crippen LogP contribution is -2.40. The molecule has 0 aromatic carbocycles. The van der Waals surface area contributed by atoms with Crippen LogP contribution < -0.4 is 5.32 Å². The van der Waals surface area contributed by atoms with Crippen LogP contribution in [0.2, 0.25) is 0 Å². The maximum Gasteiger partial charge on any atom is 0.00701 e. The fourth-order valence-corrected chi connectivity index (χ4v) is 2.76. The maximum absolute atomic E-state index is 3.82. The van der Waals surface area contributed by atoms with Crippen molar-refractivity contribution in [3.8, 4) is 0 Å². The Bertz CT molecular complexity index is 141. The van der Waals surface area contributed by atoms with Gasteiger partial charge in [-0.1, -0.05) is 20.3 Å². The van der Waals surface area contributed by atoms with Gasteiger partial charge in [-0.2, -0.15) is 0 Å². The molecule has 2 atom stereocenters. The molecule has 14 heavy (non-hydrogen) atoms. The van der Waals surface area contributed by atoms with Crippen LogP contribution in [0.4, 0.5) is 0 Å². The normalized spacial score (nSPS) is 30.2. The fourth-order valence-electron chi connectivity index (χ4n) is 2.37. The number of hydrogen-bond acceptors (Lipinski definition) is 1. The van der Waals surface area contributed by atoms with Crippen LogP contribution in [0.25, 0.3) is 0 Å². The molecule has 1 aliphatic carbocycles. The lowest BCUT2D eigenvalue weighted by atomic mass is 9.93. The van der Waals surface area contributed by atoms with Gasteiger partial charge in [0.1, 0.15) is 0 Å². The van der Waals surface area contributed by atoms with Crippen molar-refractivity contribution in [2.75, 3.05) is 0 Å². The molecule has 0 aromatic heterocycles. The first kappa shape index (κ1) is 12.5. The van der Waals surface area contributed by atoms with E-state index in [0.717, 1.165) is 17.7 Å². The minimum absolute atomic E-state index is 0.769. The van der Waals surface area contributed by atoms with Gasteiger partial charge in [0.05, 0.1) is 0 Å². The lowest BCUT2D eigenvalue weighted by Gasteiger charge is -2.30. The molecule has 0 bridgehead atoms. The molecule has 0 aromatic rings. The van der Waals surface area contributed by atoms with E-state index in [-0.39, 0.29) is 0 Å². The summed E-state index contributed by atoms with van der Waals surface area (Å²) in [5.74, 6) is 0. The summed E-state index contributed by atoms with van der Waals surface area (Å²) in [7, 11) is 2.97. The second-order valence-corrected chi connectivity index (χ2v) is 5.62. The Hall–Kier alpha value is 0.390. The molecule has 0 aliphatic heterocycles. The highest BCUT2D eigenvalue weighted by atomic mass is 31.0. The van der Waals surface area contributed by atoms with Gasteiger partial charge in [0.15, 0.2) is 0 Å². The minimum atomic E-state index is 0.769. The van der Waals surface area contributed by atoms with Crippen molar-refractivity contribution >= 4 is 9.24 Å². The van der Waals surface area contributed by atoms with Crippen LogP contribution >= 0.6 is 9.24 Å². The number of hydrogen-bond donors (Lipinski definition) is 1. The van der Waals surface area contributed by atoms with Crippen molar-refractivity contribution in [3.63, 3.8) is 0 Å². The average Bonchev–Trinajstić information content (AvgIpc) is 2.20. The summed E-state index contributed by atoms with van der Waals surface area (Å²) in [6.07, 6.45) is 9.50. The van der Waals surface area contributed by atoms with Gasteiger partial charge >= 0.3 is 0 Å². The standard InChI is InChI=1S/C12H26NP/c1-3-5-10(4-2)13-11-6-8-12(14)9-7-11/h10-13H,3-9,14H2,1-2H3/t10-,11-,12+/m1/s1. The molecule has 1 N–H and O–H groups in total. The predicted molar refractivity (Wildman–Crippen MR) is 67.9 cm³/mol. The Morgan fingerprint density at radius 3 is 2.36 bits per heavy atom. The summed E-state index contributed by atoms with van der Waals surface area (Å²) in [6.45, 7) is 4.58. The Morgan fingerprint density at radius 2 is 1.86 bits per heavy atom. The third kappa shape index (κ3) is 4.28. The second kappa shape index (κ2) is 6.80. The summed E-state index contributed by atoms with van der Waals surface area (Å²) >= 11 is 0. The van der Waals surface area contributed by atoms with E-state index in [0.29, 0.717) is 0 Å². The zero-order chi connectivity index (χ0) is 10.4. The predicted octanol–water partition coefficient (Wildman–Crippen LogP) is 3.34. The molecule has 0 radical (unpaired) electrons. The number of rotatable bonds is 5. The topological polar surface area (TPSA) is 12.0 Å². The minimum Gasteiger partial charge on any atom is -0.311 e. The second-order valence-electron chi connectivity index (χ2n) is 4.67. The fraction of sp³-hybridized carbons (Fsp3) is 1.00. The van der Waals surface area contributed by atoms with Crippen molar-refractivity contribution in [1.82, 2.24) is 5.32 Å². The lowest BCUT2D eigenvalue weighted by molar-refractivity contribution is 0.325. The Morgan fingerprint density at radius 1 is 1.21 bits per heavy atom. The first-order chi connectivity index (χ1) is 6.76. The van der Waals surface area contributed by atoms with Gasteiger partial charge < -0.3 is 5.32 Å². The van der Waals surface area contributed by atoms with E-state index in [1.807, 2.05) is 0 Å². The van der Waals surface area contributed by atoms with Crippen molar-refractivity contribution < 1.29 is 0 Å². The molecule has 1 fully saturated rings. The van der Waals surface area contributed by atoms with Gasteiger partial charge in [-0.25, -0.2) is 0 Å². The Kier molecular flexibility index (Phi) is 6.05. The SMILES string of the molecule is CCC[C@@H](CC)N[C@H]1CC[C@@H](P)CC1. The van der Waals surface area contributed by atoms with E-state index in [2.05, 4.69) is 28.4 Å². The van der Waals surface area contributed by atoms with Crippen molar-refractivity contribution in [2.45, 2.75) is 76.5 Å². The molecule has 2 heteroatoms. The highest BCUT2D eigenvalue weighted by Crippen LogP contribution is 2.25. The van der Waals surface area contributed by atoms with Crippen LogP contribution in [0, 0.1) is 0 Å². The van der Waals surface area contributed by atoms with Gasteiger partial charge in [0, 0.05) is 12.1 Å². The third-order valence-corrected chi connectivity index (χ3v) is 4.04. The summed E-state index contributed by atoms with van der Waals surface area (Å²) < 4.78 is 0. The molecular weight excluding hydrogens is 189 g/mol. The van der Waals surface area contributed by atoms with E-state index in [1.54, 1.807) is 0 Å². The van der Waals surface area contributed by atoms with Gasteiger partial charge in [0.25, 0.3) is 0 Å². The maximum atomic E-state index is 3.82. The molecule has 0 amide bonds. The van der Waals surface area contributed by atoms with Crippen LogP contribution in [0.15, 0.2) is 0 Å². The van der Waals surface area contributed by atoms with E-state index >= 15 is 0 Å². The highest BCUT2D eigenvalue weighted by Gasteiger charge is 2.19. The zero-order valence-electron chi connectivity index (χ0n) is 9.76.